The predicted molar refractivity (Wildman–Crippen MR) is 56.2 cm³/mol. The molecule has 4 nitrogen and oxygen atoms in total. The van der Waals surface area contributed by atoms with Crippen molar-refractivity contribution in [3.05, 3.63) is 28.8 Å². The Balaban J connectivity index is 2.16. The van der Waals surface area contributed by atoms with Crippen LogP contribution in [0.15, 0.2) is 18.2 Å². The molecule has 2 rings (SSSR count). The van der Waals surface area contributed by atoms with Crippen molar-refractivity contribution in [2.45, 2.75) is 12.5 Å². The first-order chi connectivity index (χ1) is 7.70. The van der Waals surface area contributed by atoms with Crippen molar-refractivity contribution in [1.29, 1.82) is 5.26 Å². The molecule has 16 heavy (non-hydrogen) atoms. The van der Waals surface area contributed by atoms with Crippen LogP contribution in [-0.4, -0.2) is 18.7 Å². The van der Waals surface area contributed by atoms with Gasteiger partial charge in [0.2, 0.25) is 0 Å². The molecule has 0 aliphatic carbocycles. The van der Waals surface area contributed by atoms with Gasteiger partial charge < -0.3 is 9.47 Å². The van der Waals surface area contributed by atoms with E-state index in [0.29, 0.717) is 29.4 Å². The van der Waals surface area contributed by atoms with Crippen LogP contribution < -0.4 is 4.74 Å². The Kier molecular flexibility index (Phi) is 2.97. The van der Waals surface area contributed by atoms with Crippen molar-refractivity contribution < 1.29 is 14.3 Å². The first-order valence-electron chi connectivity index (χ1n) is 4.73. The zero-order chi connectivity index (χ0) is 11.5. The van der Waals surface area contributed by atoms with E-state index in [-0.39, 0.29) is 5.97 Å². The molecule has 1 aromatic rings. The molecule has 1 saturated heterocycles. The number of hydrogen-bond donors (Lipinski definition) is 0. The standard InChI is InChI=1S/C11H8ClNO3/c12-8-5-7(6-13)1-2-9(8)16-10-3-4-15-11(10)14/h1-2,5,10H,3-4H2/t10-/m1/s1. The summed E-state index contributed by atoms with van der Waals surface area (Å²) < 4.78 is 10.2. The minimum Gasteiger partial charge on any atom is -0.477 e. The second kappa shape index (κ2) is 4.42. The molecule has 1 aliphatic rings. The molecular weight excluding hydrogens is 230 g/mol. The molecule has 0 spiro atoms. The van der Waals surface area contributed by atoms with Crippen LogP contribution in [0, 0.1) is 11.3 Å². The summed E-state index contributed by atoms with van der Waals surface area (Å²) in [5, 5.41) is 8.97. The highest BCUT2D eigenvalue weighted by molar-refractivity contribution is 6.32. The van der Waals surface area contributed by atoms with Gasteiger partial charge in [-0.3, -0.25) is 0 Å². The van der Waals surface area contributed by atoms with Gasteiger partial charge in [0.05, 0.1) is 23.3 Å². The largest absolute Gasteiger partial charge is 0.477 e. The van der Waals surface area contributed by atoms with Crippen molar-refractivity contribution >= 4 is 17.6 Å². The summed E-state index contributed by atoms with van der Waals surface area (Å²) in [6.45, 7) is 0.372. The maximum absolute atomic E-state index is 11.2. The molecular formula is C11H8ClNO3. The maximum atomic E-state index is 11.2. The minimum atomic E-state index is -0.592. The lowest BCUT2D eigenvalue weighted by Gasteiger charge is -2.11. The Morgan fingerprint density at radius 2 is 2.38 bits per heavy atom. The van der Waals surface area contributed by atoms with E-state index in [4.69, 9.17) is 26.3 Å². The van der Waals surface area contributed by atoms with Gasteiger partial charge in [0, 0.05) is 6.42 Å². The number of carbonyl (C=O) groups is 1. The molecule has 1 aromatic carbocycles. The van der Waals surface area contributed by atoms with Crippen LogP contribution in [0.3, 0.4) is 0 Å². The second-order valence-corrected chi connectivity index (χ2v) is 3.73. The highest BCUT2D eigenvalue weighted by Crippen LogP contribution is 2.27. The lowest BCUT2D eigenvalue weighted by atomic mass is 10.2. The van der Waals surface area contributed by atoms with Gasteiger partial charge in [-0.05, 0) is 18.2 Å². The van der Waals surface area contributed by atoms with Crippen LogP contribution in [-0.2, 0) is 9.53 Å². The molecule has 82 valence electrons. The molecule has 1 heterocycles. The smallest absolute Gasteiger partial charge is 0.347 e. The van der Waals surface area contributed by atoms with Crippen LogP contribution in [0.1, 0.15) is 12.0 Å². The Bertz CT molecular complexity index is 467. The zero-order valence-corrected chi connectivity index (χ0v) is 9.03. The average Bonchev–Trinajstić information content (AvgIpc) is 2.67. The van der Waals surface area contributed by atoms with Crippen molar-refractivity contribution in [2.24, 2.45) is 0 Å². The van der Waals surface area contributed by atoms with Crippen LogP contribution in [0.25, 0.3) is 0 Å². The Labute approximate surface area is 97.3 Å². The van der Waals surface area contributed by atoms with Gasteiger partial charge in [0.1, 0.15) is 5.75 Å². The van der Waals surface area contributed by atoms with E-state index in [1.165, 1.54) is 6.07 Å². The van der Waals surface area contributed by atoms with Crippen molar-refractivity contribution in [2.75, 3.05) is 6.61 Å². The molecule has 1 atom stereocenters. The van der Waals surface area contributed by atoms with E-state index in [1.807, 2.05) is 6.07 Å². The number of esters is 1. The first kappa shape index (κ1) is 10.8. The van der Waals surface area contributed by atoms with E-state index < -0.39 is 6.10 Å². The van der Waals surface area contributed by atoms with Gasteiger partial charge in [0.15, 0.2) is 6.10 Å². The van der Waals surface area contributed by atoms with Gasteiger partial charge in [-0.2, -0.15) is 5.26 Å². The Morgan fingerprint density at radius 1 is 1.56 bits per heavy atom. The number of halogens is 1. The topological polar surface area (TPSA) is 59.3 Å². The summed E-state index contributed by atoms with van der Waals surface area (Å²) in [5.74, 6) is 0.0185. The number of rotatable bonds is 2. The van der Waals surface area contributed by atoms with Gasteiger partial charge >= 0.3 is 5.97 Å². The van der Waals surface area contributed by atoms with Crippen molar-refractivity contribution in [3.63, 3.8) is 0 Å². The summed E-state index contributed by atoms with van der Waals surface area (Å²) in [7, 11) is 0. The van der Waals surface area contributed by atoms with Crippen molar-refractivity contribution in [3.8, 4) is 11.8 Å². The van der Waals surface area contributed by atoms with Gasteiger partial charge in [-0.15, -0.1) is 0 Å². The van der Waals surface area contributed by atoms with E-state index in [2.05, 4.69) is 0 Å². The van der Waals surface area contributed by atoms with E-state index in [1.54, 1.807) is 12.1 Å². The summed E-state index contributed by atoms with van der Waals surface area (Å²) in [6, 6.07) is 6.62. The lowest BCUT2D eigenvalue weighted by molar-refractivity contribution is -0.143. The van der Waals surface area contributed by atoms with E-state index in [9.17, 15) is 4.79 Å². The number of hydrogen-bond acceptors (Lipinski definition) is 4. The third-order valence-electron chi connectivity index (χ3n) is 2.22. The number of benzene rings is 1. The molecule has 0 amide bonds. The normalized spacial score (nSPS) is 19.0. The molecule has 0 saturated carbocycles. The molecule has 0 aromatic heterocycles. The average molecular weight is 238 g/mol. The number of ether oxygens (including phenoxy) is 2. The van der Waals surface area contributed by atoms with E-state index in [0.717, 1.165) is 0 Å². The molecule has 5 heteroatoms. The number of nitrogens with zero attached hydrogens (tertiary/aromatic N) is 1. The van der Waals surface area contributed by atoms with Crippen molar-refractivity contribution in [1.82, 2.24) is 0 Å². The molecule has 1 aliphatic heterocycles. The minimum absolute atomic E-state index is 0.318. The number of cyclic esters (lactones) is 1. The van der Waals surface area contributed by atoms with E-state index >= 15 is 0 Å². The fourth-order valence-electron chi connectivity index (χ4n) is 1.40. The second-order valence-electron chi connectivity index (χ2n) is 3.32. The quantitative estimate of drug-likeness (QED) is 0.738. The summed E-state index contributed by atoms with van der Waals surface area (Å²) >= 11 is 5.91. The van der Waals surface area contributed by atoms with Crippen LogP contribution >= 0.6 is 11.6 Å². The molecule has 0 N–H and O–H groups in total. The zero-order valence-electron chi connectivity index (χ0n) is 8.27. The first-order valence-corrected chi connectivity index (χ1v) is 5.11. The Hall–Kier alpha value is -1.73. The fraction of sp³-hybridized carbons (Fsp3) is 0.273. The number of carbonyl (C=O) groups excluding carboxylic acids is 1. The summed E-state index contributed by atoms with van der Waals surface area (Å²) in [5.41, 5.74) is 0.450. The monoisotopic (exact) mass is 237 g/mol. The molecule has 0 unspecified atom stereocenters. The highest BCUT2D eigenvalue weighted by Gasteiger charge is 2.28. The van der Waals surface area contributed by atoms with Gasteiger partial charge in [-0.25, -0.2) is 4.79 Å². The number of nitriles is 1. The molecule has 0 bridgehead atoms. The third kappa shape index (κ3) is 2.10. The van der Waals surface area contributed by atoms with Crippen LogP contribution in [0.5, 0.6) is 5.75 Å². The Morgan fingerprint density at radius 3 is 2.94 bits per heavy atom. The lowest BCUT2D eigenvalue weighted by Crippen LogP contribution is -2.21. The van der Waals surface area contributed by atoms with Crippen LogP contribution in [0.2, 0.25) is 5.02 Å². The SMILES string of the molecule is N#Cc1ccc(O[C@@H]2CCOC2=O)c(Cl)c1. The maximum Gasteiger partial charge on any atom is 0.347 e. The third-order valence-corrected chi connectivity index (χ3v) is 2.51. The molecule has 0 radical (unpaired) electrons. The highest BCUT2D eigenvalue weighted by atomic mass is 35.5. The van der Waals surface area contributed by atoms with Crippen LogP contribution in [0.4, 0.5) is 0 Å². The van der Waals surface area contributed by atoms with Gasteiger partial charge in [0.25, 0.3) is 0 Å². The molecule has 1 fully saturated rings. The summed E-state index contributed by atoms with van der Waals surface area (Å²) in [6.07, 6.45) is -0.0692. The van der Waals surface area contributed by atoms with Gasteiger partial charge in [-0.1, -0.05) is 11.6 Å². The predicted octanol–water partition coefficient (Wildman–Crippen LogP) is 1.91. The summed E-state index contributed by atoms with van der Waals surface area (Å²) in [4.78, 5) is 11.2. The fourth-order valence-corrected chi connectivity index (χ4v) is 1.63.